The molecular formula is C4H10N2OS. The lowest BCUT2D eigenvalue weighted by Crippen LogP contribution is -2.34. The van der Waals surface area contributed by atoms with Crippen molar-refractivity contribution in [2.24, 2.45) is 0 Å². The van der Waals surface area contributed by atoms with E-state index in [2.05, 4.69) is 22.9 Å². The van der Waals surface area contributed by atoms with Crippen LogP contribution in [0.1, 0.15) is 0 Å². The Balaban J connectivity index is 2.99. The van der Waals surface area contributed by atoms with Gasteiger partial charge in [-0.15, -0.1) is 0 Å². The summed E-state index contributed by atoms with van der Waals surface area (Å²) in [5, 5.41) is 14.3. The topological polar surface area (TPSA) is 44.3 Å². The van der Waals surface area contributed by atoms with Gasteiger partial charge >= 0.3 is 0 Å². The van der Waals surface area contributed by atoms with E-state index in [0.29, 0.717) is 11.7 Å². The lowest BCUT2D eigenvalue weighted by atomic mass is 10.7. The van der Waals surface area contributed by atoms with Crippen molar-refractivity contribution in [2.45, 2.75) is 0 Å². The zero-order valence-corrected chi connectivity index (χ0v) is 5.59. The Bertz CT molecular complexity index is 76.4. The predicted octanol–water partition coefficient (Wildman–Crippen LogP) is -0.927. The lowest BCUT2D eigenvalue weighted by molar-refractivity contribution is 0.300. The van der Waals surface area contributed by atoms with Crippen LogP contribution >= 0.6 is 12.2 Å². The summed E-state index contributed by atoms with van der Waals surface area (Å²) in [5.74, 6) is 0. The first-order valence-electron chi connectivity index (χ1n) is 2.37. The summed E-state index contributed by atoms with van der Waals surface area (Å²) >= 11 is 4.69. The third-order valence-corrected chi connectivity index (χ3v) is 0.973. The van der Waals surface area contributed by atoms with Crippen molar-refractivity contribution in [3.05, 3.63) is 0 Å². The van der Waals surface area contributed by atoms with Gasteiger partial charge in [-0.05, 0) is 12.2 Å². The Labute approximate surface area is 54.1 Å². The van der Waals surface area contributed by atoms with Crippen molar-refractivity contribution in [3.63, 3.8) is 0 Å². The summed E-state index contributed by atoms with van der Waals surface area (Å²) in [7, 11) is 1.73. The number of thiocarbonyl (C=S) groups is 1. The summed E-state index contributed by atoms with van der Waals surface area (Å²) in [4.78, 5) is 0. The zero-order valence-electron chi connectivity index (χ0n) is 4.77. The number of hydrogen-bond acceptors (Lipinski definition) is 2. The second-order valence-corrected chi connectivity index (χ2v) is 1.64. The molecule has 0 aromatic carbocycles. The Morgan fingerprint density at radius 2 is 2.38 bits per heavy atom. The van der Waals surface area contributed by atoms with Gasteiger partial charge in [0.25, 0.3) is 0 Å². The molecule has 8 heavy (non-hydrogen) atoms. The maximum Gasteiger partial charge on any atom is 0.166 e. The van der Waals surface area contributed by atoms with E-state index in [9.17, 15) is 0 Å². The molecule has 0 spiro atoms. The quantitative estimate of drug-likeness (QED) is 0.427. The molecule has 0 heterocycles. The number of nitrogens with one attached hydrogen (secondary N) is 2. The fourth-order valence-corrected chi connectivity index (χ4v) is 0.360. The van der Waals surface area contributed by atoms with Crippen molar-refractivity contribution in [3.8, 4) is 0 Å². The average molecular weight is 134 g/mol. The van der Waals surface area contributed by atoms with Crippen LogP contribution in [-0.4, -0.2) is 30.4 Å². The minimum Gasteiger partial charge on any atom is -0.395 e. The molecule has 0 amide bonds. The van der Waals surface area contributed by atoms with Gasteiger partial charge in [0, 0.05) is 13.6 Å². The van der Waals surface area contributed by atoms with Crippen LogP contribution in [0.3, 0.4) is 0 Å². The van der Waals surface area contributed by atoms with E-state index in [0.717, 1.165) is 0 Å². The number of rotatable bonds is 2. The molecule has 0 fully saturated rings. The van der Waals surface area contributed by atoms with Gasteiger partial charge in [-0.2, -0.15) is 0 Å². The molecule has 0 saturated carbocycles. The van der Waals surface area contributed by atoms with E-state index in [1.807, 2.05) is 0 Å². The molecule has 0 unspecified atom stereocenters. The van der Waals surface area contributed by atoms with Crippen LogP contribution in [0.5, 0.6) is 0 Å². The van der Waals surface area contributed by atoms with Gasteiger partial charge in [-0.1, -0.05) is 0 Å². The van der Waals surface area contributed by atoms with Crippen molar-refractivity contribution in [1.82, 2.24) is 10.6 Å². The van der Waals surface area contributed by atoms with Gasteiger partial charge in [-0.25, -0.2) is 0 Å². The van der Waals surface area contributed by atoms with Gasteiger partial charge in [0.05, 0.1) is 6.61 Å². The maximum absolute atomic E-state index is 8.26. The molecule has 0 atom stereocenters. The van der Waals surface area contributed by atoms with E-state index < -0.39 is 0 Å². The van der Waals surface area contributed by atoms with Crippen molar-refractivity contribution >= 4 is 17.3 Å². The highest BCUT2D eigenvalue weighted by atomic mass is 32.1. The molecule has 0 bridgehead atoms. The standard InChI is InChI=1S/C4H10N2OS/c1-5-4(8)6-2-3-7/h7H,2-3H2,1H3,(H2,5,6,8). The van der Waals surface area contributed by atoms with E-state index in [-0.39, 0.29) is 6.61 Å². The first-order valence-corrected chi connectivity index (χ1v) is 2.78. The van der Waals surface area contributed by atoms with Crippen LogP contribution in [0.15, 0.2) is 0 Å². The highest BCUT2D eigenvalue weighted by molar-refractivity contribution is 7.80. The minimum atomic E-state index is 0.113. The molecule has 48 valence electrons. The van der Waals surface area contributed by atoms with Crippen LogP contribution in [0.25, 0.3) is 0 Å². The molecule has 0 saturated heterocycles. The number of aliphatic hydroxyl groups excluding tert-OH is 1. The lowest BCUT2D eigenvalue weighted by Gasteiger charge is -2.02. The van der Waals surface area contributed by atoms with E-state index in [1.165, 1.54) is 0 Å². The third kappa shape index (κ3) is 3.83. The zero-order chi connectivity index (χ0) is 6.41. The largest absolute Gasteiger partial charge is 0.395 e. The molecule has 0 aliphatic carbocycles. The van der Waals surface area contributed by atoms with Crippen molar-refractivity contribution in [1.29, 1.82) is 0 Å². The third-order valence-electron chi connectivity index (χ3n) is 0.624. The second-order valence-electron chi connectivity index (χ2n) is 1.23. The van der Waals surface area contributed by atoms with Crippen LogP contribution in [-0.2, 0) is 0 Å². The first kappa shape index (κ1) is 7.65. The molecule has 0 aromatic rings. The van der Waals surface area contributed by atoms with Gasteiger partial charge in [0.15, 0.2) is 5.11 Å². The average Bonchev–Trinajstić information content (AvgIpc) is 1.83. The first-order chi connectivity index (χ1) is 3.81. The summed E-state index contributed by atoms with van der Waals surface area (Å²) in [5.41, 5.74) is 0. The number of aliphatic hydroxyl groups is 1. The molecule has 0 rings (SSSR count). The van der Waals surface area contributed by atoms with Gasteiger partial charge in [0.2, 0.25) is 0 Å². The maximum atomic E-state index is 8.26. The molecule has 3 nitrogen and oxygen atoms in total. The Morgan fingerprint density at radius 3 is 2.75 bits per heavy atom. The Hall–Kier alpha value is -0.350. The minimum absolute atomic E-state index is 0.113. The van der Waals surface area contributed by atoms with Crippen LogP contribution in [0, 0.1) is 0 Å². The molecule has 3 N–H and O–H groups in total. The number of hydrogen-bond donors (Lipinski definition) is 3. The fourth-order valence-electron chi connectivity index (χ4n) is 0.258. The smallest absolute Gasteiger partial charge is 0.166 e. The fraction of sp³-hybridized carbons (Fsp3) is 0.750. The molecule has 0 radical (unpaired) electrons. The molecular weight excluding hydrogens is 124 g/mol. The summed E-state index contributed by atoms with van der Waals surface area (Å²) in [6.45, 7) is 0.626. The molecule has 0 aliphatic rings. The van der Waals surface area contributed by atoms with Crippen LogP contribution < -0.4 is 10.6 Å². The van der Waals surface area contributed by atoms with Gasteiger partial charge in [-0.3, -0.25) is 0 Å². The van der Waals surface area contributed by atoms with E-state index in [1.54, 1.807) is 7.05 Å². The van der Waals surface area contributed by atoms with Crippen LogP contribution in [0.2, 0.25) is 0 Å². The van der Waals surface area contributed by atoms with Gasteiger partial charge < -0.3 is 15.7 Å². The van der Waals surface area contributed by atoms with E-state index >= 15 is 0 Å². The van der Waals surface area contributed by atoms with E-state index in [4.69, 9.17) is 5.11 Å². The normalized spacial score (nSPS) is 8.25. The predicted molar refractivity (Wildman–Crippen MR) is 36.7 cm³/mol. The summed E-state index contributed by atoms with van der Waals surface area (Å²) in [6, 6.07) is 0. The SMILES string of the molecule is CNC(=S)NCCO. The van der Waals surface area contributed by atoms with Crippen molar-refractivity contribution < 1.29 is 5.11 Å². The molecule has 0 aliphatic heterocycles. The Morgan fingerprint density at radius 1 is 1.75 bits per heavy atom. The molecule has 4 heteroatoms. The van der Waals surface area contributed by atoms with Gasteiger partial charge in [0.1, 0.15) is 0 Å². The highest BCUT2D eigenvalue weighted by Gasteiger charge is 1.84. The molecule has 0 aromatic heterocycles. The highest BCUT2D eigenvalue weighted by Crippen LogP contribution is 1.60. The van der Waals surface area contributed by atoms with Crippen LogP contribution in [0.4, 0.5) is 0 Å². The Kier molecular flexibility index (Phi) is 4.59. The summed E-state index contributed by atoms with van der Waals surface area (Å²) in [6.07, 6.45) is 0. The second kappa shape index (κ2) is 4.80. The van der Waals surface area contributed by atoms with Crippen molar-refractivity contribution in [2.75, 3.05) is 20.2 Å². The monoisotopic (exact) mass is 134 g/mol. The summed E-state index contributed by atoms with van der Waals surface area (Å²) < 4.78 is 0.